The molecule has 3 N–H and O–H groups in total. The molecule has 0 heterocycles. The average molecular weight is 401 g/mol. The second kappa shape index (κ2) is 10.4. The monoisotopic (exact) mass is 400 g/mol. The summed E-state index contributed by atoms with van der Waals surface area (Å²) in [5.41, 5.74) is 2.15. The fraction of sp³-hybridized carbons (Fsp3) is 0.333. The summed E-state index contributed by atoms with van der Waals surface area (Å²) in [7, 11) is -2.01. The SMILES string of the molecule is CCOc1ccc(CNCCc2ccc(S(N)(=O)=O)cc2)cc1OC.Cl. The fourth-order valence-electron chi connectivity index (χ4n) is 2.41. The standard InChI is InChI=1S/C18H24N2O4S.ClH/c1-3-24-17-9-6-15(12-18(17)23-2)13-20-11-10-14-4-7-16(8-5-14)25(19,21)22;/h4-9,12,20H,3,10-11,13H2,1-2H3,(H2,19,21,22);1H. The van der Waals surface area contributed by atoms with Crippen molar-refractivity contribution < 1.29 is 17.9 Å². The summed E-state index contributed by atoms with van der Waals surface area (Å²) in [6, 6.07) is 12.5. The number of methoxy groups -OCH3 is 1. The van der Waals surface area contributed by atoms with Gasteiger partial charge in [0.2, 0.25) is 10.0 Å². The van der Waals surface area contributed by atoms with Gasteiger partial charge in [-0.3, -0.25) is 0 Å². The van der Waals surface area contributed by atoms with Gasteiger partial charge < -0.3 is 14.8 Å². The van der Waals surface area contributed by atoms with Crippen molar-refractivity contribution in [1.82, 2.24) is 5.32 Å². The number of halogens is 1. The lowest BCUT2D eigenvalue weighted by atomic mass is 10.1. The van der Waals surface area contributed by atoms with Gasteiger partial charge in [0.1, 0.15) is 0 Å². The van der Waals surface area contributed by atoms with E-state index in [-0.39, 0.29) is 17.3 Å². The first-order chi connectivity index (χ1) is 11.9. The third-order valence-electron chi connectivity index (χ3n) is 3.70. The molecule has 0 unspecified atom stereocenters. The Labute approximate surface area is 161 Å². The highest BCUT2D eigenvalue weighted by Gasteiger charge is 2.07. The van der Waals surface area contributed by atoms with Crippen LogP contribution >= 0.6 is 12.4 Å². The topological polar surface area (TPSA) is 90.6 Å². The lowest BCUT2D eigenvalue weighted by Gasteiger charge is -2.11. The van der Waals surface area contributed by atoms with Crippen LogP contribution in [0, 0.1) is 0 Å². The molecule has 2 aromatic carbocycles. The minimum atomic E-state index is -3.63. The van der Waals surface area contributed by atoms with Gasteiger partial charge in [0.15, 0.2) is 11.5 Å². The molecule has 0 amide bonds. The van der Waals surface area contributed by atoms with Crippen LogP contribution in [0.25, 0.3) is 0 Å². The molecule has 0 saturated heterocycles. The molecule has 0 spiro atoms. The number of hydrogen-bond donors (Lipinski definition) is 2. The highest BCUT2D eigenvalue weighted by Crippen LogP contribution is 2.27. The predicted octanol–water partition coefficient (Wildman–Crippen LogP) is 2.50. The van der Waals surface area contributed by atoms with Gasteiger partial charge in [-0.15, -0.1) is 12.4 Å². The lowest BCUT2D eigenvalue weighted by Crippen LogP contribution is -2.17. The van der Waals surface area contributed by atoms with E-state index in [0.717, 1.165) is 35.6 Å². The Balaban J connectivity index is 0.00000338. The maximum absolute atomic E-state index is 11.2. The summed E-state index contributed by atoms with van der Waals surface area (Å²) in [4.78, 5) is 0.130. The van der Waals surface area contributed by atoms with E-state index in [2.05, 4.69) is 5.32 Å². The first-order valence-corrected chi connectivity index (χ1v) is 9.61. The Morgan fingerprint density at radius 3 is 2.27 bits per heavy atom. The molecule has 2 aromatic rings. The molecule has 0 aliphatic rings. The first-order valence-electron chi connectivity index (χ1n) is 8.06. The molecule has 0 radical (unpaired) electrons. The molecular weight excluding hydrogens is 376 g/mol. The molecule has 6 nitrogen and oxygen atoms in total. The molecule has 0 atom stereocenters. The van der Waals surface area contributed by atoms with Crippen LogP contribution in [0.15, 0.2) is 47.4 Å². The summed E-state index contributed by atoms with van der Waals surface area (Å²) in [5.74, 6) is 1.46. The zero-order chi connectivity index (χ0) is 18.3. The van der Waals surface area contributed by atoms with Gasteiger partial charge in [-0.25, -0.2) is 13.6 Å². The van der Waals surface area contributed by atoms with Crippen molar-refractivity contribution in [1.29, 1.82) is 0 Å². The van der Waals surface area contributed by atoms with E-state index >= 15 is 0 Å². The minimum Gasteiger partial charge on any atom is -0.493 e. The molecular formula is C18H25ClN2O4S. The maximum atomic E-state index is 11.2. The minimum absolute atomic E-state index is 0. The van der Waals surface area contributed by atoms with E-state index < -0.39 is 10.0 Å². The van der Waals surface area contributed by atoms with Crippen molar-refractivity contribution >= 4 is 22.4 Å². The summed E-state index contributed by atoms with van der Waals surface area (Å²) in [6.45, 7) is 4.00. The van der Waals surface area contributed by atoms with E-state index in [0.29, 0.717) is 13.2 Å². The van der Waals surface area contributed by atoms with Gasteiger partial charge >= 0.3 is 0 Å². The number of sulfonamides is 1. The van der Waals surface area contributed by atoms with Crippen LogP contribution in [0.3, 0.4) is 0 Å². The van der Waals surface area contributed by atoms with Crippen molar-refractivity contribution in [2.75, 3.05) is 20.3 Å². The number of nitrogens with one attached hydrogen (secondary N) is 1. The van der Waals surface area contributed by atoms with Crippen LogP contribution in [0.5, 0.6) is 11.5 Å². The zero-order valence-electron chi connectivity index (χ0n) is 14.9. The quantitative estimate of drug-likeness (QED) is 0.631. The van der Waals surface area contributed by atoms with E-state index in [1.807, 2.05) is 25.1 Å². The molecule has 0 aromatic heterocycles. The van der Waals surface area contributed by atoms with Gasteiger partial charge in [-0.2, -0.15) is 0 Å². The Hall–Kier alpha value is -1.80. The molecule has 0 fully saturated rings. The first kappa shape index (κ1) is 22.2. The highest BCUT2D eigenvalue weighted by atomic mass is 35.5. The number of benzene rings is 2. The van der Waals surface area contributed by atoms with Gasteiger partial charge in [-0.05, 0) is 55.3 Å². The number of primary sulfonamides is 1. The largest absolute Gasteiger partial charge is 0.493 e. The Morgan fingerprint density at radius 2 is 1.69 bits per heavy atom. The van der Waals surface area contributed by atoms with Gasteiger partial charge in [-0.1, -0.05) is 18.2 Å². The smallest absolute Gasteiger partial charge is 0.238 e. The van der Waals surface area contributed by atoms with Gasteiger partial charge in [0, 0.05) is 6.54 Å². The number of rotatable bonds is 9. The molecule has 0 aliphatic heterocycles. The Bertz CT molecular complexity index is 795. The lowest BCUT2D eigenvalue weighted by molar-refractivity contribution is 0.310. The van der Waals surface area contributed by atoms with E-state index in [9.17, 15) is 8.42 Å². The molecule has 0 saturated carbocycles. The van der Waals surface area contributed by atoms with Crippen LogP contribution in [0.2, 0.25) is 0 Å². The molecule has 2 rings (SSSR count). The summed E-state index contributed by atoms with van der Waals surface area (Å²) in [5, 5.41) is 8.45. The normalized spacial score (nSPS) is 10.9. The predicted molar refractivity (Wildman–Crippen MR) is 105 cm³/mol. The number of hydrogen-bond acceptors (Lipinski definition) is 5. The van der Waals surface area contributed by atoms with Crippen LogP contribution in [-0.2, 0) is 23.0 Å². The fourth-order valence-corrected chi connectivity index (χ4v) is 2.92. The third kappa shape index (κ3) is 6.49. The molecule has 144 valence electrons. The second-order valence-corrected chi connectivity index (χ2v) is 7.10. The van der Waals surface area contributed by atoms with Gasteiger partial charge in [0.25, 0.3) is 0 Å². The van der Waals surface area contributed by atoms with Crippen LogP contribution in [0.4, 0.5) is 0 Å². The van der Waals surface area contributed by atoms with Crippen molar-refractivity contribution in [2.45, 2.75) is 24.8 Å². The average Bonchev–Trinajstić information content (AvgIpc) is 2.59. The summed E-state index contributed by atoms with van der Waals surface area (Å²) >= 11 is 0. The number of nitrogens with two attached hydrogens (primary N) is 1. The summed E-state index contributed by atoms with van der Waals surface area (Å²) in [6.07, 6.45) is 0.791. The molecule has 8 heteroatoms. The van der Waals surface area contributed by atoms with Crippen molar-refractivity contribution in [3.8, 4) is 11.5 Å². The highest BCUT2D eigenvalue weighted by molar-refractivity contribution is 7.89. The molecule has 0 aliphatic carbocycles. The summed E-state index contributed by atoms with van der Waals surface area (Å²) < 4.78 is 33.3. The van der Waals surface area contributed by atoms with Crippen molar-refractivity contribution in [2.24, 2.45) is 5.14 Å². The van der Waals surface area contributed by atoms with Crippen LogP contribution < -0.4 is 19.9 Å². The van der Waals surface area contributed by atoms with E-state index in [4.69, 9.17) is 14.6 Å². The van der Waals surface area contributed by atoms with E-state index in [1.165, 1.54) is 12.1 Å². The maximum Gasteiger partial charge on any atom is 0.238 e. The van der Waals surface area contributed by atoms with Crippen molar-refractivity contribution in [3.63, 3.8) is 0 Å². The van der Waals surface area contributed by atoms with Crippen LogP contribution in [-0.4, -0.2) is 28.7 Å². The van der Waals surface area contributed by atoms with Crippen LogP contribution in [0.1, 0.15) is 18.1 Å². The Morgan fingerprint density at radius 1 is 1.04 bits per heavy atom. The Kier molecular flexibility index (Phi) is 8.87. The molecule has 26 heavy (non-hydrogen) atoms. The number of ether oxygens (including phenoxy) is 2. The van der Waals surface area contributed by atoms with Crippen molar-refractivity contribution in [3.05, 3.63) is 53.6 Å². The zero-order valence-corrected chi connectivity index (χ0v) is 16.5. The second-order valence-electron chi connectivity index (χ2n) is 5.53. The van der Waals surface area contributed by atoms with Gasteiger partial charge in [0.05, 0.1) is 18.6 Å². The third-order valence-corrected chi connectivity index (χ3v) is 4.63. The molecule has 0 bridgehead atoms. The van der Waals surface area contributed by atoms with E-state index in [1.54, 1.807) is 19.2 Å².